The van der Waals surface area contributed by atoms with Gasteiger partial charge in [-0.25, -0.2) is 0 Å². The van der Waals surface area contributed by atoms with Crippen molar-refractivity contribution in [2.75, 3.05) is 20.8 Å². The summed E-state index contributed by atoms with van der Waals surface area (Å²) < 4.78 is 12.3. The van der Waals surface area contributed by atoms with Gasteiger partial charge in [0, 0.05) is 25.2 Å². The highest BCUT2D eigenvalue weighted by Gasteiger charge is 2.23. The summed E-state index contributed by atoms with van der Waals surface area (Å²) in [7, 11) is 5.06. The van der Waals surface area contributed by atoms with Crippen molar-refractivity contribution in [2.24, 2.45) is 7.05 Å². The SMILES string of the molecule is COc1ccc(C(C)(C)CNC(=O)Cc2cnn(C)c2)cc1OC. The first-order valence-corrected chi connectivity index (χ1v) is 7.82. The van der Waals surface area contributed by atoms with E-state index < -0.39 is 0 Å². The van der Waals surface area contributed by atoms with Gasteiger partial charge in [-0.05, 0) is 23.3 Å². The third kappa shape index (κ3) is 4.28. The number of carbonyl (C=O) groups is 1. The first-order valence-electron chi connectivity index (χ1n) is 7.82. The Hall–Kier alpha value is -2.50. The summed E-state index contributed by atoms with van der Waals surface area (Å²) in [5, 5.41) is 7.07. The Kier molecular flexibility index (Phi) is 5.49. The van der Waals surface area contributed by atoms with Gasteiger partial charge in [-0.15, -0.1) is 0 Å². The number of aromatic nitrogens is 2. The lowest BCUT2D eigenvalue weighted by Crippen LogP contribution is -2.37. The molecule has 1 aromatic heterocycles. The molecule has 130 valence electrons. The number of carbonyl (C=O) groups excluding carboxylic acids is 1. The monoisotopic (exact) mass is 331 g/mol. The maximum atomic E-state index is 12.1. The third-order valence-electron chi connectivity index (χ3n) is 4.02. The Morgan fingerprint density at radius 1 is 1.25 bits per heavy atom. The largest absolute Gasteiger partial charge is 0.493 e. The minimum absolute atomic E-state index is 0.0171. The molecule has 24 heavy (non-hydrogen) atoms. The van der Waals surface area contributed by atoms with Gasteiger partial charge >= 0.3 is 0 Å². The number of nitrogens with one attached hydrogen (secondary N) is 1. The minimum Gasteiger partial charge on any atom is -0.493 e. The fourth-order valence-corrected chi connectivity index (χ4v) is 2.49. The van der Waals surface area contributed by atoms with Crippen LogP contribution in [-0.4, -0.2) is 36.5 Å². The van der Waals surface area contributed by atoms with Gasteiger partial charge in [0.05, 0.1) is 26.8 Å². The van der Waals surface area contributed by atoms with E-state index in [9.17, 15) is 4.79 Å². The number of hydrogen-bond acceptors (Lipinski definition) is 4. The van der Waals surface area contributed by atoms with Crippen molar-refractivity contribution in [2.45, 2.75) is 25.7 Å². The number of aryl methyl sites for hydroxylation is 1. The van der Waals surface area contributed by atoms with Crippen molar-refractivity contribution in [1.29, 1.82) is 0 Å². The van der Waals surface area contributed by atoms with Crippen molar-refractivity contribution in [1.82, 2.24) is 15.1 Å². The molecule has 0 aliphatic heterocycles. The summed E-state index contributed by atoms with van der Waals surface area (Å²) in [6.45, 7) is 4.69. The molecule has 6 heteroatoms. The average Bonchev–Trinajstić information content (AvgIpc) is 2.97. The summed E-state index contributed by atoms with van der Waals surface area (Å²) in [6, 6.07) is 5.83. The zero-order valence-corrected chi connectivity index (χ0v) is 14.9. The number of ether oxygens (including phenoxy) is 2. The lowest BCUT2D eigenvalue weighted by molar-refractivity contribution is -0.120. The molecule has 6 nitrogen and oxygen atoms in total. The van der Waals surface area contributed by atoms with Gasteiger partial charge in [0.2, 0.25) is 5.91 Å². The molecule has 0 spiro atoms. The number of nitrogens with zero attached hydrogens (tertiary/aromatic N) is 2. The molecule has 0 radical (unpaired) electrons. The van der Waals surface area contributed by atoms with Gasteiger partial charge < -0.3 is 14.8 Å². The van der Waals surface area contributed by atoms with Crippen LogP contribution in [0.15, 0.2) is 30.6 Å². The van der Waals surface area contributed by atoms with E-state index in [1.807, 2.05) is 31.4 Å². The standard InChI is InChI=1S/C18H25N3O3/c1-18(2,14-6-7-15(23-4)16(9-14)24-5)12-19-17(22)8-13-10-20-21(3)11-13/h6-7,9-11H,8,12H2,1-5H3,(H,19,22). The molecule has 0 saturated carbocycles. The van der Waals surface area contributed by atoms with Crippen LogP contribution in [0.1, 0.15) is 25.0 Å². The van der Waals surface area contributed by atoms with Crippen LogP contribution in [0.4, 0.5) is 0 Å². The number of amides is 1. The van der Waals surface area contributed by atoms with Crippen LogP contribution in [0, 0.1) is 0 Å². The van der Waals surface area contributed by atoms with Crippen LogP contribution in [0.25, 0.3) is 0 Å². The maximum absolute atomic E-state index is 12.1. The molecule has 0 fully saturated rings. The van der Waals surface area contributed by atoms with Gasteiger partial charge in [-0.1, -0.05) is 19.9 Å². The zero-order valence-electron chi connectivity index (χ0n) is 14.9. The Labute approximate surface area is 142 Å². The second-order valence-corrected chi connectivity index (χ2v) is 6.43. The fourth-order valence-electron chi connectivity index (χ4n) is 2.49. The second-order valence-electron chi connectivity index (χ2n) is 6.43. The second kappa shape index (κ2) is 7.38. The van der Waals surface area contributed by atoms with E-state index in [0.717, 1.165) is 11.1 Å². The van der Waals surface area contributed by atoms with Crippen molar-refractivity contribution in [3.05, 3.63) is 41.7 Å². The van der Waals surface area contributed by atoms with E-state index in [1.165, 1.54) is 0 Å². The summed E-state index contributed by atoms with van der Waals surface area (Å²) in [5.74, 6) is 1.36. The van der Waals surface area contributed by atoms with Crippen LogP contribution < -0.4 is 14.8 Å². The highest BCUT2D eigenvalue weighted by atomic mass is 16.5. The first kappa shape index (κ1) is 17.8. The highest BCUT2D eigenvalue weighted by molar-refractivity contribution is 5.78. The van der Waals surface area contributed by atoms with E-state index in [0.29, 0.717) is 24.5 Å². The van der Waals surface area contributed by atoms with Crippen LogP contribution >= 0.6 is 0 Å². The summed E-state index contributed by atoms with van der Waals surface area (Å²) in [5.41, 5.74) is 1.74. The van der Waals surface area contributed by atoms with Gasteiger partial charge in [0.15, 0.2) is 11.5 Å². The lowest BCUT2D eigenvalue weighted by Gasteiger charge is -2.26. The van der Waals surface area contributed by atoms with Crippen molar-refractivity contribution < 1.29 is 14.3 Å². The van der Waals surface area contributed by atoms with Crippen molar-refractivity contribution >= 4 is 5.91 Å². The molecular formula is C18H25N3O3. The molecule has 1 heterocycles. The quantitative estimate of drug-likeness (QED) is 0.843. The molecule has 0 unspecified atom stereocenters. The molecule has 1 amide bonds. The Bertz CT molecular complexity index is 707. The van der Waals surface area contributed by atoms with Crippen molar-refractivity contribution in [3.63, 3.8) is 0 Å². The first-order chi connectivity index (χ1) is 11.4. The topological polar surface area (TPSA) is 65.4 Å². The average molecular weight is 331 g/mol. The number of benzene rings is 1. The minimum atomic E-state index is -0.232. The Morgan fingerprint density at radius 2 is 1.96 bits per heavy atom. The smallest absolute Gasteiger partial charge is 0.224 e. The van der Waals surface area contributed by atoms with E-state index >= 15 is 0 Å². The normalized spacial score (nSPS) is 11.2. The molecule has 1 N–H and O–H groups in total. The van der Waals surface area contributed by atoms with Crippen molar-refractivity contribution in [3.8, 4) is 11.5 Å². The molecular weight excluding hydrogens is 306 g/mol. The van der Waals surface area contributed by atoms with E-state index in [4.69, 9.17) is 9.47 Å². The van der Waals surface area contributed by atoms with Crippen LogP contribution in [-0.2, 0) is 23.7 Å². The Morgan fingerprint density at radius 3 is 2.54 bits per heavy atom. The fraction of sp³-hybridized carbons (Fsp3) is 0.444. The predicted octanol–water partition coefficient (Wildman–Crippen LogP) is 2.07. The van der Waals surface area contributed by atoms with E-state index in [1.54, 1.807) is 25.1 Å². The molecule has 1 aromatic carbocycles. The molecule has 0 aliphatic rings. The molecule has 0 bridgehead atoms. The van der Waals surface area contributed by atoms with Gasteiger partial charge in [-0.2, -0.15) is 5.10 Å². The van der Waals surface area contributed by atoms with Gasteiger partial charge in [0.25, 0.3) is 0 Å². The van der Waals surface area contributed by atoms with Gasteiger partial charge in [-0.3, -0.25) is 9.48 Å². The number of methoxy groups -OCH3 is 2. The predicted molar refractivity (Wildman–Crippen MR) is 92.5 cm³/mol. The molecule has 2 rings (SSSR count). The Balaban J connectivity index is 2.01. The third-order valence-corrected chi connectivity index (χ3v) is 4.02. The van der Waals surface area contributed by atoms with E-state index in [2.05, 4.69) is 24.3 Å². The van der Waals surface area contributed by atoms with Crippen LogP contribution in [0.2, 0.25) is 0 Å². The summed E-state index contributed by atoms with van der Waals surface area (Å²) in [4.78, 5) is 12.1. The summed E-state index contributed by atoms with van der Waals surface area (Å²) >= 11 is 0. The molecule has 0 atom stereocenters. The molecule has 2 aromatic rings. The maximum Gasteiger partial charge on any atom is 0.224 e. The van der Waals surface area contributed by atoms with Crippen LogP contribution in [0.5, 0.6) is 11.5 Å². The molecule has 0 aliphatic carbocycles. The van der Waals surface area contributed by atoms with Gasteiger partial charge in [0.1, 0.15) is 0 Å². The summed E-state index contributed by atoms with van der Waals surface area (Å²) in [6.07, 6.45) is 3.88. The van der Waals surface area contributed by atoms with E-state index in [-0.39, 0.29) is 11.3 Å². The number of rotatable bonds is 7. The highest BCUT2D eigenvalue weighted by Crippen LogP contribution is 2.32. The zero-order chi connectivity index (χ0) is 17.7. The molecule has 0 saturated heterocycles. The lowest BCUT2D eigenvalue weighted by atomic mass is 9.84. The number of hydrogen-bond donors (Lipinski definition) is 1. The van der Waals surface area contributed by atoms with Crippen LogP contribution in [0.3, 0.4) is 0 Å².